The summed E-state index contributed by atoms with van der Waals surface area (Å²) in [6, 6.07) is 79.2. The molecular weight excluding hydrogens is 741 g/mol. The predicted octanol–water partition coefficient (Wildman–Crippen LogP) is 16.7. The number of rotatable bonds is 8. The SMILES string of the molecule is c1ccc(-c2ccc(N(c3cccc(N(c4ccccc4)c4ccccc4)c3)c3ccc4c(c3)sc3ccc(-c5ccc6c(c5)sc5ccccc56)cc34)cc2)cc1. The van der Waals surface area contributed by atoms with Gasteiger partial charge >= 0.3 is 0 Å². The van der Waals surface area contributed by atoms with E-state index in [1.54, 1.807) is 0 Å². The van der Waals surface area contributed by atoms with E-state index in [1.165, 1.54) is 62.6 Å². The zero-order valence-corrected chi connectivity index (χ0v) is 33.1. The van der Waals surface area contributed by atoms with Gasteiger partial charge in [-0.25, -0.2) is 0 Å². The summed E-state index contributed by atoms with van der Waals surface area (Å²) in [6.45, 7) is 0. The third kappa shape index (κ3) is 6.20. The molecule has 0 N–H and O–H groups in total. The molecule has 2 nitrogen and oxygen atoms in total. The Morgan fingerprint density at radius 3 is 1.38 bits per heavy atom. The highest BCUT2D eigenvalue weighted by Gasteiger charge is 2.19. The van der Waals surface area contributed by atoms with Gasteiger partial charge in [0.25, 0.3) is 0 Å². The summed E-state index contributed by atoms with van der Waals surface area (Å²) >= 11 is 3.74. The van der Waals surface area contributed by atoms with Gasteiger partial charge in [0.1, 0.15) is 0 Å². The lowest BCUT2D eigenvalue weighted by Gasteiger charge is -2.29. The minimum Gasteiger partial charge on any atom is -0.310 e. The van der Waals surface area contributed by atoms with E-state index < -0.39 is 0 Å². The van der Waals surface area contributed by atoms with Crippen molar-refractivity contribution in [2.24, 2.45) is 0 Å². The molecule has 0 saturated heterocycles. The van der Waals surface area contributed by atoms with Crippen LogP contribution >= 0.6 is 22.7 Å². The molecule has 0 aliphatic heterocycles. The van der Waals surface area contributed by atoms with Gasteiger partial charge < -0.3 is 9.80 Å². The molecule has 9 aromatic carbocycles. The van der Waals surface area contributed by atoms with Crippen molar-refractivity contribution < 1.29 is 0 Å². The second kappa shape index (κ2) is 14.5. The van der Waals surface area contributed by atoms with Crippen LogP contribution in [0.1, 0.15) is 0 Å². The maximum Gasteiger partial charge on any atom is 0.0482 e. The van der Waals surface area contributed by atoms with Crippen LogP contribution in [-0.4, -0.2) is 0 Å². The van der Waals surface area contributed by atoms with Crippen molar-refractivity contribution in [2.45, 2.75) is 0 Å². The molecule has 274 valence electrons. The second-order valence-electron chi connectivity index (χ2n) is 14.6. The standard InChI is InChI=1S/C54H36N2S2/c1-4-13-37(14-5-1)38-23-27-43(28-24-38)56(45-20-12-19-44(35-45)55(41-15-6-2-7-16-41)42-17-8-3-9-18-42)46-29-31-49-50-33-39(26-32-52(50)58-54(49)36-46)40-25-30-48-47-21-10-11-22-51(47)57-53(48)34-40/h1-36H. The number of benzene rings is 9. The number of hydrogen-bond acceptors (Lipinski definition) is 4. The summed E-state index contributed by atoms with van der Waals surface area (Å²) in [6.07, 6.45) is 0. The number of fused-ring (bicyclic) bond motifs is 6. The molecule has 11 aromatic rings. The molecule has 11 rings (SSSR count). The van der Waals surface area contributed by atoms with Crippen molar-refractivity contribution in [1.82, 2.24) is 0 Å². The summed E-state index contributed by atoms with van der Waals surface area (Å²) in [5, 5.41) is 5.24. The molecule has 0 aliphatic carbocycles. The van der Waals surface area contributed by atoms with Crippen LogP contribution in [-0.2, 0) is 0 Å². The number of hydrogen-bond donors (Lipinski definition) is 0. The van der Waals surface area contributed by atoms with Crippen molar-refractivity contribution in [1.29, 1.82) is 0 Å². The molecule has 58 heavy (non-hydrogen) atoms. The Hall–Kier alpha value is -6.98. The molecule has 0 spiro atoms. The molecule has 0 atom stereocenters. The van der Waals surface area contributed by atoms with Gasteiger partial charge in [0.05, 0.1) is 0 Å². The van der Waals surface area contributed by atoms with Crippen LogP contribution < -0.4 is 9.80 Å². The topological polar surface area (TPSA) is 6.48 Å². The normalized spacial score (nSPS) is 11.4. The van der Waals surface area contributed by atoms with Crippen molar-refractivity contribution in [3.05, 3.63) is 218 Å². The predicted molar refractivity (Wildman–Crippen MR) is 252 cm³/mol. The fourth-order valence-electron chi connectivity index (χ4n) is 8.24. The van der Waals surface area contributed by atoms with Crippen LogP contribution in [0, 0.1) is 0 Å². The molecule has 0 bridgehead atoms. The van der Waals surface area contributed by atoms with Crippen LogP contribution in [0.5, 0.6) is 0 Å². The smallest absolute Gasteiger partial charge is 0.0482 e. The third-order valence-electron chi connectivity index (χ3n) is 11.0. The maximum atomic E-state index is 2.39. The van der Waals surface area contributed by atoms with E-state index in [4.69, 9.17) is 0 Å². The fraction of sp³-hybridized carbons (Fsp3) is 0. The lowest BCUT2D eigenvalue weighted by Crippen LogP contribution is -2.13. The highest BCUT2D eigenvalue weighted by molar-refractivity contribution is 7.26. The zero-order valence-electron chi connectivity index (χ0n) is 31.5. The van der Waals surface area contributed by atoms with E-state index in [0.29, 0.717) is 0 Å². The highest BCUT2D eigenvalue weighted by atomic mass is 32.1. The third-order valence-corrected chi connectivity index (χ3v) is 13.3. The summed E-state index contributed by atoms with van der Waals surface area (Å²) in [5.74, 6) is 0. The quantitative estimate of drug-likeness (QED) is 0.152. The Morgan fingerprint density at radius 1 is 0.224 bits per heavy atom. The molecular formula is C54H36N2S2. The molecule has 0 aliphatic rings. The fourth-order valence-corrected chi connectivity index (χ4v) is 10.5. The van der Waals surface area contributed by atoms with Gasteiger partial charge in [0.2, 0.25) is 0 Å². The number of para-hydroxylation sites is 2. The summed E-state index contributed by atoms with van der Waals surface area (Å²) in [4.78, 5) is 4.72. The van der Waals surface area contributed by atoms with E-state index in [-0.39, 0.29) is 0 Å². The number of thiophene rings is 2. The van der Waals surface area contributed by atoms with Gasteiger partial charge in [0, 0.05) is 74.5 Å². The van der Waals surface area contributed by atoms with E-state index >= 15 is 0 Å². The van der Waals surface area contributed by atoms with Crippen molar-refractivity contribution in [3.63, 3.8) is 0 Å². The first-order valence-corrected chi connectivity index (χ1v) is 21.2. The minimum absolute atomic E-state index is 1.08. The van der Waals surface area contributed by atoms with Gasteiger partial charge in [-0.2, -0.15) is 0 Å². The lowest BCUT2D eigenvalue weighted by atomic mass is 10.0. The second-order valence-corrected chi connectivity index (χ2v) is 16.7. The Balaban J connectivity index is 1.02. The Labute approximate surface area is 345 Å². The van der Waals surface area contributed by atoms with Crippen LogP contribution in [0.25, 0.3) is 62.6 Å². The van der Waals surface area contributed by atoms with Gasteiger partial charge in [-0.1, -0.05) is 127 Å². The van der Waals surface area contributed by atoms with Crippen LogP contribution in [0.15, 0.2) is 218 Å². The molecule has 2 aromatic heterocycles. The van der Waals surface area contributed by atoms with Crippen LogP contribution in [0.3, 0.4) is 0 Å². The van der Waals surface area contributed by atoms with Crippen LogP contribution in [0.2, 0.25) is 0 Å². The van der Waals surface area contributed by atoms with E-state index in [1.807, 2.05) is 22.7 Å². The van der Waals surface area contributed by atoms with E-state index in [0.717, 1.165) is 34.1 Å². The first kappa shape index (κ1) is 34.3. The highest BCUT2D eigenvalue weighted by Crippen LogP contribution is 2.44. The van der Waals surface area contributed by atoms with Gasteiger partial charge in [0.15, 0.2) is 0 Å². The first-order chi connectivity index (χ1) is 28.7. The number of anilines is 6. The van der Waals surface area contributed by atoms with E-state index in [2.05, 4.69) is 228 Å². The first-order valence-electron chi connectivity index (χ1n) is 19.6. The lowest BCUT2D eigenvalue weighted by molar-refractivity contribution is 1.25. The Morgan fingerprint density at radius 2 is 0.655 bits per heavy atom. The van der Waals surface area contributed by atoms with Crippen molar-refractivity contribution in [2.75, 3.05) is 9.80 Å². The number of nitrogens with zero attached hydrogens (tertiary/aromatic N) is 2. The molecule has 0 radical (unpaired) electrons. The Kier molecular flexibility index (Phi) is 8.58. The minimum atomic E-state index is 1.08. The molecule has 0 saturated carbocycles. The molecule has 0 fully saturated rings. The van der Waals surface area contributed by atoms with E-state index in [9.17, 15) is 0 Å². The summed E-state index contributed by atoms with van der Waals surface area (Å²) in [7, 11) is 0. The molecule has 0 amide bonds. The molecule has 4 heteroatoms. The Bertz CT molecular complexity index is 3180. The summed E-state index contributed by atoms with van der Waals surface area (Å²) < 4.78 is 5.22. The van der Waals surface area contributed by atoms with Crippen molar-refractivity contribution in [3.8, 4) is 22.3 Å². The van der Waals surface area contributed by atoms with Gasteiger partial charge in [-0.3, -0.25) is 0 Å². The van der Waals surface area contributed by atoms with Crippen LogP contribution in [0.4, 0.5) is 34.1 Å². The van der Waals surface area contributed by atoms with Gasteiger partial charge in [-0.15, -0.1) is 22.7 Å². The maximum absolute atomic E-state index is 2.39. The monoisotopic (exact) mass is 776 g/mol. The zero-order chi connectivity index (χ0) is 38.4. The molecule has 2 heterocycles. The average Bonchev–Trinajstić information content (AvgIpc) is 3.85. The van der Waals surface area contributed by atoms with Crippen molar-refractivity contribution >= 4 is 97.1 Å². The summed E-state index contributed by atoms with van der Waals surface area (Å²) in [5.41, 5.74) is 11.5. The molecule has 0 unspecified atom stereocenters. The largest absolute Gasteiger partial charge is 0.310 e. The average molecular weight is 777 g/mol. The van der Waals surface area contributed by atoms with Gasteiger partial charge in [-0.05, 0) is 113 Å².